The van der Waals surface area contributed by atoms with Crippen LogP contribution < -0.4 is 4.74 Å². The first-order valence-corrected chi connectivity index (χ1v) is 8.70. The number of halogens is 1. The highest BCUT2D eigenvalue weighted by Crippen LogP contribution is 2.15. The lowest BCUT2D eigenvalue weighted by atomic mass is 10.3. The van der Waals surface area contributed by atoms with Gasteiger partial charge in [-0.25, -0.2) is 8.42 Å². The van der Waals surface area contributed by atoms with Crippen molar-refractivity contribution in [3.63, 3.8) is 0 Å². The smallest absolute Gasteiger partial charge is 0.148 e. The van der Waals surface area contributed by atoms with E-state index >= 15 is 0 Å². The first-order valence-electron chi connectivity index (χ1n) is 5.11. The number of sulfone groups is 1. The van der Waals surface area contributed by atoms with Crippen LogP contribution in [0.15, 0.2) is 24.3 Å². The van der Waals surface area contributed by atoms with Crippen LogP contribution in [0, 0.1) is 0 Å². The predicted molar refractivity (Wildman–Crippen MR) is 74.0 cm³/mol. The lowest BCUT2D eigenvalue weighted by Gasteiger charge is -2.05. The third-order valence-electron chi connectivity index (χ3n) is 1.91. The largest absolute Gasteiger partial charge is 0.493 e. The lowest BCUT2D eigenvalue weighted by Crippen LogP contribution is -2.07. The summed E-state index contributed by atoms with van der Waals surface area (Å²) in [4.78, 5) is 0. The third kappa shape index (κ3) is 7.52. The quantitative estimate of drug-likeness (QED) is 0.725. The Hall–Kier alpha value is -0.390. The molecule has 0 saturated heterocycles. The lowest BCUT2D eigenvalue weighted by molar-refractivity contribution is 0.344. The molecule has 0 N–H and O–H groups in total. The van der Waals surface area contributed by atoms with E-state index in [4.69, 9.17) is 16.3 Å². The Kier molecular flexibility index (Phi) is 6.16. The van der Waals surface area contributed by atoms with Gasteiger partial charge >= 0.3 is 0 Å². The van der Waals surface area contributed by atoms with Crippen molar-refractivity contribution in [1.82, 2.24) is 0 Å². The molecule has 0 aliphatic rings. The van der Waals surface area contributed by atoms with Crippen LogP contribution >= 0.6 is 23.4 Å². The van der Waals surface area contributed by atoms with Gasteiger partial charge in [0.2, 0.25) is 0 Å². The molecule has 6 heteroatoms. The molecule has 1 rings (SSSR count). The average Bonchev–Trinajstić information content (AvgIpc) is 2.24. The molecule has 0 fully saturated rings. The van der Waals surface area contributed by atoms with Crippen molar-refractivity contribution < 1.29 is 13.2 Å². The summed E-state index contributed by atoms with van der Waals surface area (Å²) in [6.07, 6.45) is 1.25. The van der Waals surface area contributed by atoms with E-state index < -0.39 is 9.84 Å². The second kappa shape index (κ2) is 7.13. The fourth-order valence-electron chi connectivity index (χ4n) is 1.06. The van der Waals surface area contributed by atoms with Crippen LogP contribution in [0.4, 0.5) is 0 Å². The highest BCUT2D eigenvalue weighted by atomic mass is 35.5. The van der Waals surface area contributed by atoms with E-state index in [9.17, 15) is 8.42 Å². The Morgan fingerprint density at radius 3 is 2.47 bits per heavy atom. The van der Waals surface area contributed by atoms with E-state index in [0.717, 1.165) is 11.5 Å². The molecule has 0 amide bonds. The van der Waals surface area contributed by atoms with Crippen LogP contribution in [0.2, 0.25) is 5.02 Å². The van der Waals surface area contributed by atoms with Gasteiger partial charge in [-0.05, 0) is 24.3 Å². The number of rotatable bonds is 7. The van der Waals surface area contributed by atoms with Gasteiger partial charge in [-0.1, -0.05) is 11.6 Å². The van der Waals surface area contributed by atoms with Crippen molar-refractivity contribution in [3.05, 3.63) is 29.3 Å². The number of hydrogen-bond acceptors (Lipinski definition) is 4. The topological polar surface area (TPSA) is 43.4 Å². The molecule has 0 atom stereocenters. The SMILES string of the molecule is CS(=O)(=O)CCSCCOc1ccc(Cl)cc1. The predicted octanol–water partition coefficient (Wildman–Crippen LogP) is 2.50. The summed E-state index contributed by atoms with van der Waals surface area (Å²) in [6.45, 7) is 0.566. The molecule has 0 aromatic heterocycles. The van der Waals surface area contributed by atoms with Gasteiger partial charge in [0.05, 0.1) is 12.4 Å². The van der Waals surface area contributed by atoms with Gasteiger partial charge in [0.1, 0.15) is 15.6 Å². The summed E-state index contributed by atoms with van der Waals surface area (Å²) in [5, 5.41) is 0.680. The molecule has 0 heterocycles. The van der Waals surface area contributed by atoms with E-state index in [1.165, 1.54) is 6.26 Å². The summed E-state index contributed by atoms with van der Waals surface area (Å²) in [5.41, 5.74) is 0. The van der Waals surface area contributed by atoms with Crippen molar-refractivity contribution in [2.45, 2.75) is 0 Å². The Bertz CT molecular complexity index is 429. The van der Waals surface area contributed by atoms with Gasteiger partial charge in [-0.3, -0.25) is 0 Å². The van der Waals surface area contributed by atoms with Crippen molar-refractivity contribution in [2.75, 3.05) is 30.1 Å². The fraction of sp³-hybridized carbons (Fsp3) is 0.455. The van der Waals surface area contributed by atoms with Gasteiger partial charge in [0.25, 0.3) is 0 Å². The molecule has 0 aliphatic carbocycles. The summed E-state index contributed by atoms with van der Waals surface area (Å²) in [5.74, 6) is 2.39. The van der Waals surface area contributed by atoms with Gasteiger partial charge in [-0.2, -0.15) is 11.8 Å². The second-order valence-corrected chi connectivity index (χ2v) is 7.47. The molecule has 0 spiro atoms. The molecular formula is C11H15ClO3S2. The number of thioether (sulfide) groups is 1. The first kappa shape index (κ1) is 14.7. The highest BCUT2D eigenvalue weighted by molar-refractivity contribution is 8.00. The molecule has 0 bridgehead atoms. The average molecular weight is 295 g/mol. The molecule has 0 radical (unpaired) electrons. The van der Waals surface area contributed by atoms with Crippen molar-refractivity contribution in [3.8, 4) is 5.75 Å². The van der Waals surface area contributed by atoms with E-state index in [1.54, 1.807) is 23.9 Å². The zero-order valence-electron chi connectivity index (χ0n) is 9.56. The third-order valence-corrected chi connectivity index (χ3v) is 4.31. The highest BCUT2D eigenvalue weighted by Gasteiger charge is 2.01. The zero-order chi connectivity index (χ0) is 12.7. The van der Waals surface area contributed by atoms with Gasteiger partial charge in [-0.15, -0.1) is 0 Å². The Morgan fingerprint density at radius 2 is 1.88 bits per heavy atom. The molecule has 0 unspecified atom stereocenters. The first-order chi connectivity index (χ1) is 7.97. The van der Waals surface area contributed by atoms with Crippen LogP contribution in [0.25, 0.3) is 0 Å². The maximum atomic E-state index is 10.9. The number of hydrogen-bond donors (Lipinski definition) is 0. The van der Waals surface area contributed by atoms with Crippen LogP contribution in [-0.4, -0.2) is 38.5 Å². The summed E-state index contributed by atoms with van der Waals surface area (Å²) in [7, 11) is -2.84. The normalized spacial score (nSPS) is 11.4. The van der Waals surface area contributed by atoms with Crippen LogP contribution in [-0.2, 0) is 9.84 Å². The van der Waals surface area contributed by atoms with Crippen molar-refractivity contribution >= 4 is 33.2 Å². The van der Waals surface area contributed by atoms with E-state index in [0.29, 0.717) is 17.4 Å². The maximum Gasteiger partial charge on any atom is 0.148 e. The van der Waals surface area contributed by atoms with Crippen LogP contribution in [0.3, 0.4) is 0 Å². The van der Waals surface area contributed by atoms with Gasteiger partial charge < -0.3 is 4.74 Å². The van der Waals surface area contributed by atoms with Crippen LogP contribution in [0.5, 0.6) is 5.75 Å². The van der Waals surface area contributed by atoms with Gasteiger partial charge in [0.15, 0.2) is 0 Å². The Morgan fingerprint density at radius 1 is 1.24 bits per heavy atom. The van der Waals surface area contributed by atoms with E-state index in [2.05, 4.69) is 0 Å². The fourth-order valence-corrected chi connectivity index (χ4v) is 3.28. The minimum absolute atomic E-state index is 0.221. The maximum absolute atomic E-state index is 10.9. The molecule has 1 aromatic rings. The summed E-state index contributed by atoms with van der Waals surface area (Å²) >= 11 is 7.31. The molecule has 1 aromatic carbocycles. The molecule has 0 aliphatic heterocycles. The Labute approximate surface area is 111 Å². The zero-order valence-corrected chi connectivity index (χ0v) is 11.9. The van der Waals surface area contributed by atoms with Crippen LogP contribution in [0.1, 0.15) is 0 Å². The minimum atomic E-state index is -2.84. The van der Waals surface area contributed by atoms with Crippen molar-refractivity contribution in [1.29, 1.82) is 0 Å². The second-order valence-electron chi connectivity index (χ2n) is 3.54. The summed E-state index contributed by atoms with van der Waals surface area (Å²) < 4.78 is 27.2. The number of ether oxygens (including phenoxy) is 1. The van der Waals surface area contributed by atoms with E-state index in [1.807, 2.05) is 12.1 Å². The monoisotopic (exact) mass is 294 g/mol. The molecule has 0 saturated carbocycles. The molecule has 96 valence electrons. The summed E-state index contributed by atoms with van der Waals surface area (Å²) in [6, 6.07) is 7.16. The van der Waals surface area contributed by atoms with Crippen molar-refractivity contribution in [2.24, 2.45) is 0 Å². The standard InChI is InChI=1S/C11H15ClO3S2/c1-17(13,14)9-8-16-7-6-15-11-4-2-10(12)3-5-11/h2-5H,6-9H2,1H3. The van der Waals surface area contributed by atoms with Gasteiger partial charge in [0, 0.05) is 22.8 Å². The molecular weight excluding hydrogens is 280 g/mol. The Balaban J connectivity index is 2.10. The number of benzene rings is 1. The minimum Gasteiger partial charge on any atom is -0.493 e. The molecule has 17 heavy (non-hydrogen) atoms. The molecule has 3 nitrogen and oxygen atoms in total. The van der Waals surface area contributed by atoms with E-state index in [-0.39, 0.29) is 5.75 Å².